The summed E-state index contributed by atoms with van der Waals surface area (Å²) in [7, 11) is 0. The molecule has 3 nitrogen and oxygen atoms in total. The van der Waals surface area contributed by atoms with E-state index in [1.807, 2.05) is 0 Å². The van der Waals surface area contributed by atoms with E-state index in [0.717, 1.165) is 6.20 Å². The largest absolute Gasteiger partial charge is 0.346 e. The Bertz CT molecular complexity index is 295. The van der Waals surface area contributed by atoms with Gasteiger partial charge in [-0.05, 0) is 15.9 Å². The smallest absolute Gasteiger partial charge is 0.188 e. The fraction of sp³-hybridized carbons (Fsp3) is 0.375. The van der Waals surface area contributed by atoms with Gasteiger partial charge in [0.1, 0.15) is 0 Å². The Morgan fingerprint density at radius 2 is 2.08 bits per heavy atom. The molecular formula is C8H7BrFNO2. The Morgan fingerprint density at radius 3 is 2.69 bits per heavy atom. The van der Waals surface area contributed by atoms with Gasteiger partial charge in [0, 0.05) is 10.7 Å². The Balaban J connectivity index is 2.37. The van der Waals surface area contributed by atoms with Gasteiger partial charge in [-0.1, -0.05) is 0 Å². The second-order valence-corrected chi connectivity index (χ2v) is 3.44. The van der Waals surface area contributed by atoms with Crippen LogP contribution in [0.3, 0.4) is 0 Å². The van der Waals surface area contributed by atoms with E-state index >= 15 is 0 Å². The molecule has 0 aliphatic carbocycles. The van der Waals surface area contributed by atoms with Gasteiger partial charge in [0.15, 0.2) is 12.1 Å². The summed E-state index contributed by atoms with van der Waals surface area (Å²) >= 11 is 3.19. The van der Waals surface area contributed by atoms with Crippen molar-refractivity contribution in [3.05, 3.63) is 28.2 Å². The molecule has 0 aromatic carbocycles. The van der Waals surface area contributed by atoms with E-state index < -0.39 is 12.1 Å². The van der Waals surface area contributed by atoms with Crippen LogP contribution in [-0.2, 0) is 9.47 Å². The minimum atomic E-state index is -0.600. The van der Waals surface area contributed by atoms with Crippen molar-refractivity contribution < 1.29 is 13.9 Å². The predicted molar refractivity (Wildman–Crippen MR) is 46.5 cm³/mol. The normalized spacial score (nSPS) is 18.0. The molecule has 2 rings (SSSR count). The second-order valence-electron chi connectivity index (χ2n) is 2.59. The molecule has 0 bridgehead atoms. The molecule has 1 aromatic heterocycles. The van der Waals surface area contributed by atoms with E-state index in [2.05, 4.69) is 20.9 Å². The molecule has 0 amide bonds. The third kappa shape index (κ3) is 1.72. The summed E-state index contributed by atoms with van der Waals surface area (Å²) < 4.78 is 24.2. The molecule has 0 atom stereocenters. The van der Waals surface area contributed by atoms with Crippen molar-refractivity contribution in [2.75, 3.05) is 13.2 Å². The second kappa shape index (κ2) is 3.69. The summed E-state index contributed by atoms with van der Waals surface area (Å²) in [6.45, 7) is 0.998. The minimum absolute atomic E-state index is 0.382. The van der Waals surface area contributed by atoms with Gasteiger partial charge in [0.05, 0.1) is 25.0 Å². The van der Waals surface area contributed by atoms with Crippen LogP contribution < -0.4 is 0 Å². The van der Waals surface area contributed by atoms with E-state index in [1.54, 1.807) is 0 Å². The number of hydrogen-bond donors (Lipinski definition) is 0. The van der Waals surface area contributed by atoms with Crippen LogP contribution in [0.5, 0.6) is 0 Å². The molecule has 13 heavy (non-hydrogen) atoms. The van der Waals surface area contributed by atoms with Crippen molar-refractivity contribution in [3.8, 4) is 0 Å². The molecule has 0 unspecified atom stereocenters. The van der Waals surface area contributed by atoms with E-state index in [-0.39, 0.29) is 0 Å². The fourth-order valence-corrected chi connectivity index (χ4v) is 1.67. The lowest BCUT2D eigenvalue weighted by Crippen LogP contribution is -2.03. The third-order valence-corrected chi connectivity index (χ3v) is 2.38. The monoisotopic (exact) mass is 247 g/mol. The van der Waals surface area contributed by atoms with Crippen molar-refractivity contribution in [2.45, 2.75) is 6.29 Å². The van der Waals surface area contributed by atoms with Crippen LogP contribution >= 0.6 is 15.9 Å². The topological polar surface area (TPSA) is 31.4 Å². The van der Waals surface area contributed by atoms with Crippen molar-refractivity contribution >= 4 is 15.9 Å². The zero-order chi connectivity index (χ0) is 9.26. The Kier molecular flexibility index (Phi) is 2.57. The van der Waals surface area contributed by atoms with Crippen LogP contribution in [0.25, 0.3) is 0 Å². The molecule has 0 spiro atoms. The Labute approximate surface area is 83.0 Å². The van der Waals surface area contributed by atoms with E-state index in [0.29, 0.717) is 23.2 Å². The maximum Gasteiger partial charge on any atom is 0.188 e. The van der Waals surface area contributed by atoms with E-state index in [9.17, 15) is 4.39 Å². The molecule has 70 valence electrons. The van der Waals surface area contributed by atoms with Gasteiger partial charge in [0.2, 0.25) is 0 Å². The Hall–Kier alpha value is -0.520. The Morgan fingerprint density at radius 1 is 1.38 bits per heavy atom. The summed E-state index contributed by atoms with van der Waals surface area (Å²) in [5.41, 5.74) is 0.382. The van der Waals surface area contributed by atoms with E-state index in [1.165, 1.54) is 6.20 Å². The lowest BCUT2D eigenvalue weighted by Gasteiger charge is -2.11. The number of halogens is 2. The van der Waals surface area contributed by atoms with Crippen molar-refractivity contribution in [1.82, 2.24) is 4.98 Å². The highest BCUT2D eigenvalue weighted by molar-refractivity contribution is 9.10. The zero-order valence-electron chi connectivity index (χ0n) is 6.67. The molecule has 1 saturated heterocycles. The van der Waals surface area contributed by atoms with Crippen molar-refractivity contribution in [3.63, 3.8) is 0 Å². The average Bonchev–Trinajstić information content (AvgIpc) is 2.57. The standard InChI is InChI=1S/C8H7BrFNO2/c9-5-3-11-4-6(10)7(5)8-12-1-2-13-8/h3-4,8H,1-2H2. The summed E-state index contributed by atoms with van der Waals surface area (Å²) in [6.07, 6.45) is 2.06. The van der Waals surface area contributed by atoms with Crippen LogP contribution in [0, 0.1) is 5.82 Å². The number of aromatic nitrogens is 1. The number of nitrogens with zero attached hydrogens (tertiary/aromatic N) is 1. The van der Waals surface area contributed by atoms with Crippen molar-refractivity contribution in [1.29, 1.82) is 0 Å². The zero-order valence-corrected chi connectivity index (χ0v) is 8.25. The van der Waals surface area contributed by atoms with Gasteiger partial charge in [-0.3, -0.25) is 4.98 Å². The molecule has 1 aliphatic heterocycles. The van der Waals surface area contributed by atoms with Gasteiger partial charge < -0.3 is 9.47 Å². The number of ether oxygens (including phenoxy) is 2. The van der Waals surface area contributed by atoms with Gasteiger partial charge >= 0.3 is 0 Å². The quantitative estimate of drug-likeness (QED) is 0.761. The maximum absolute atomic E-state index is 13.2. The maximum atomic E-state index is 13.2. The van der Waals surface area contributed by atoms with Gasteiger partial charge in [0.25, 0.3) is 0 Å². The number of hydrogen-bond acceptors (Lipinski definition) is 3. The van der Waals surface area contributed by atoms with Crippen molar-refractivity contribution in [2.24, 2.45) is 0 Å². The van der Waals surface area contributed by atoms with Crippen LogP contribution in [0.4, 0.5) is 4.39 Å². The van der Waals surface area contributed by atoms with Crippen LogP contribution in [0.15, 0.2) is 16.9 Å². The molecule has 5 heteroatoms. The average molecular weight is 248 g/mol. The minimum Gasteiger partial charge on any atom is -0.346 e. The highest BCUT2D eigenvalue weighted by Crippen LogP contribution is 2.30. The summed E-state index contributed by atoms with van der Waals surface area (Å²) in [6, 6.07) is 0. The first-order valence-electron chi connectivity index (χ1n) is 3.81. The molecule has 1 aliphatic rings. The summed E-state index contributed by atoms with van der Waals surface area (Å²) in [5, 5.41) is 0. The first-order chi connectivity index (χ1) is 6.29. The third-order valence-electron chi connectivity index (χ3n) is 1.75. The number of rotatable bonds is 1. The van der Waals surface area contributed by atoms with Crippen LogP contribution in [0.1, 0.15) is 11.9 Å². The first-order valence-corrected chi connectivity index (χ1v) is 4.60. The first kappa shape index (κ1) is 9.05. The van der Waals surface area contributed by atoms with Gasteiger partial charge in [-0.2, -0.15) is 0 Å². The molecule has 0 saturated carbocycles. The summed E-state index contributed by atoms with van der Waals surface area (Å²) in [5.74, 6) is -0.415. The van der Waals surface area contributed by atoms with E-state index in [4.69, 9.17) is 9.47 Å². The highest BCUT2D eigenvalue weighted by atomic mass is 79.9. The van der Waals surface area contributed by atoms with Gasteiger partial charge in [-0.25, -0.2) is 4.39 Å². The number of pyridine rings is 1. The molecule has 1 aromatic rings. The summed E-state index contributed by atoms with van der Waals surface area (Å²) in [4.78, 5) is 3.68. The predicted octanol–water partition coefficient (Wildman–Crippen LogP) is 2.03. The highest BCUT2D eigenvalue weighted by Gasteiger charge is 2.24. The molecular weight excluding hydrogens is 241 g/mol. The molecule has 0 N–H and O–H groups in total. The lowest BCUT2D eigenvalue weighted by atomic mass is 10.2. The van der Waals surface area contributed by atoms with Crippen LogP contribution in [0.2, 0.25) is 0 Å². The lowest BCUT2D eigenvalue weighted by molar-refractivity contribution is -0.0471. The fourth-order valence-electron chi connectivity index (χ4n) is 1.17. The van der Waals surface area contributed by atoms with Gasteiger partial charge in [-0.15, -0.1) is 0 Å². The molecule has 1 fully saturated rings. The molecule has 0 radical (unpaired) electrons. The van der Waals surface area contributed by atoms with Crippen LogP contribution in [-0.4, -0.2) is 18.2 Å². The SMILES string of the molecule is Fc1cncc(Br)c1C1OCCO1. The molecule has 2 heterocycles.